The van der Waals surface area contributed by atoms with Gasteiger partial charge in [0.2, 0.25) is 0 Å². The lowest BCUT2D eigenvalue weighted by Gasteiger charge is -2.31. The van der Waals surface area contributed by atoms with E-state index in [0.717, 1.165) is 36.5 Å². The number of rotatable bonds is 3. The number of hydrogen-bond acceptors (Lipinski definition) is 3. The molecule has 0 saturated heterocycles. The van der Waals surface area contributed by atoms with Crippen LogP contribution in [0.1, 0.15) is 37.7 Å². The van der Waals surface area contributed by atoms with Crippen LogP contribution in [-0.4, -0.2) is 25.6 Å². The normalized spacial score (nSPS) is 21.1. The van der Waals surface area contributed by atoms with E-state index in [1.54, 1.807) is 0 Å². The molecule has 0 radical (unpaired) electrons. The molecule has 1 aromatic carbocycles. The lowest BCUT2D eigenvalue weighted by molar-refractivity contribution is 0.430. The molecule has 0 aromatic heterocycles. The van der Waals surface area contributed by atoms with E-state index in [1.807, 2.05) is 0 Å². The average Bonchev–Trinajstić information content (AvgIpc) is 2.97. The third kappa shape index (κ3) is 3.00. The summed E-state index contributed by atoms with van der Waals surface area (Å²) in [6.45, 7) is 2.97. The Labute approximate surface area is 129 Å². The molecule has 108 valence electrons. The molecule has 4 heteroatoms. The lowest BCUT2D eigenvalue weighted by atomic mass is 9.79. The third-order valence-electron chi connectivity index (χ3n) is 4.51. The highest BCUT2D eigenvalue weighted by atomic mass is 79.9. The van der Waals surface area contributed by atoms with Crippen molar-refractivity contribution in [2.45, 2.75) is 37.5 Å². The van der Waals surface area contributed by atoms with E-state index in [9.17, 15) is 0 Å². The standard InChI is InChI=1S/C16H22BrN3/c17-14-6-4-13(5-7-14)16(8-1-2-9-16)12-20-15-18-10-3-11-19-15/h4-7H,1-3,8-12H2,(H2,18,19,20). The number of aliphatic imine (C=N–C) groups is 1. The van der Waals surface area contributed by atoms with Crippen molar-refractivity contribution in [3.05, 3.63) is 34.3 Å². The lowest BCUT2D eigenvalue weighted by Crippen LogP contribution is -2.46. The summed E-state index contributed by atoms with van der Waals surface area (Å²) in [6.07, 6.45) is 6.35. The Hall–Kier alpha value is -1.03. The molecule has 1 fully saturated rings. The molecular weight excluding hydrogens is 314 g/mol. The molecule has 1 aliphatic heterocycles. The van der Waals surface area contributed by atoms with Crippen LogP contribution in [0.25, 0.3) is 0 Å². The zero-order valence-electron chi connectivity index (χ0n) is 11.8. The van der Waals surface area contributed by atoms with Crippen molar-refractivity contribution in [1.29, 1.82) is 0 Å². The van der Waals surface area contributed by atoms with Crippen molar-refractivity contribution in [1.82, 2.24) is 10.6 Å². The molecule has 1 aliphatic carbocycles. The number of hydrogen-bond donors (Lipinski definition) is 2. The fourth-order valence-corrected chi connectivity index (χ4v) is 3.59. The van der Waals surface area contributed by atoms with E-state index < -0.39 is 0 Å². The topological polar surface area (TPSA) is 36.4 Å². The molecule has 0 spiro atoms. The summed E-state index contributed by atoms with van der Waals surface area (Å²) in [4.78, 5) is 4.52. The highest BCUT2D eigenvalue weighted by molar-refractivity contribution is 9.10. The zero-order valence-corrected chi connectivity index (χ0v) is 13.4. The second-order valence-electron chi connectivity index (χ2n) is 5.86. The van der Waals surface area contributed by atoms with Crippen LogP contribution < -0.4 is 10.6 Å². The highest BCUT2D eigenvalue weighted by Gasteiger charge is 2.35. The number of benzene rings is 1. The highest BCUT2D eigenvalue weighted by Crippen LogP contribution is 2.40. The van der Waals surface area contributed by atoms with Gasteiger partial charge in [0.1, 0.15) is 0 Å². The van der Waals surface area contributed by atoms with Crippen LogP contribution >= 0.6 is 15.9 Å². The van der Waals surface area contributed by atoms with Gasteiger partial charge in [-0.15, -0.1) is 0 Å². The van der Waals surface area contributed by atoms with Gasteiger partial charge in [-0.05, 0) is 37.0 Å². The molecule has 1 heterocycles. The van der Waals surface area contributed by atoms with Gasteiger partial charge in [-0.2, -0.15) is 0 Å². The number of halogens is 1. The summed E-state index contributed by atoms with van der Waals surface area (Å²) in [5.74, 6) is 0.986. The Morgan fingerprint density at radius 2 is 1.90 bits per heavy atom. The Morgan fingerprint density at radius 3 is 2.55 bits per heavy atom. The molecular formula is C16H22BrN3. The van der Waals surface area contributed by atoms with Crippen LogP contribution in [0.15, 0.2) is 33.7 Å². The molecule has 3 rings (SSSR count). The second kappa shape index (κ2) is 6.17. The molecule has 1 saturated carbocycles. The minimum atomic E-state index is 0.280. The Morgan fingerprint density at radius 1 is 1.15 bits per heavy atom. The minimum absolute atomic E-state index is 0.280. The first kappa shape index (κ1) is 13.9. The fourth-order valence-electron chi connectivity index (χ4n) is 3.33. The molecule has 0 unspecified atom stereocenters. The number of guanidine groups is 1. The van der Waals surface area contributed by atoms with Crippen LogP contribution in [0.4, 0.5) is 0 Å². The third-order valence-corrected chi connectivity index (χ3v) is 5.04. The second-order valence-corrected chi connectivity index (χ2v) is 6.77. The van der Waals surface area contributed by atoms with E-state index >= 15 is 0 Å². The van der Waals surface area contributed by atoms with Gasteiger partial charge in [0.15, 0.2) is 5.96 Å². The monoisotopic (exact) mass is 335 g/mol. The van der Waals surface area contributed by atoms with E-state index in [2.05, 4.69) is 55.8 Å². The van der Waals surface area contributed by atoms with E-state index in [4.69, 9.17) is 0 Å². The van der Waals surface area contributed by atoms with E-state index in [-0.39, 0.29) is 5.41 Å². The van der Waals surface area contributed by atoms with Crippen LogP contribution in [0.3, 0.4) is 0 Å². The Bertz CT molecular complexity index is 475. The van der Waals surface area contributed by atoms with Crippen molar-refractivity contribution in [2.24, 2.45) is 4.99 Å². The van der Waals surface area contributed by atoms with Crippen molar-refractivity contribution < 1.29 is 0 Å². The maximum atomic E-state index is 4.52. The molecule has 0 bridgehead atoms. The van der Waals surface area contributed by atoms with Crippen molar-refractivity contribution in [2.75, 3.05) is 19.6 Å². The molecule has 0 atom stereocenters. The molecule has 0 amide bonds. The quantitative estimate of drug-likeness (QED) is 0.889. The number of nitrogens with one attached hydrogen (secondary N) is 2. The molecule has 20 heavy (non-hydrogen) atoms. The first-order valence-electron chi connectivity index (χ1n) is 7.57. The summed E-state index contributed by atoms with van der Waals surface area (Å²) >= 11 is 3.53. The fraction of sp³-hybridized carbons (Fsp3) is 0.562. The minimum Gasteiger partial charge on any atom is -0.356 e. The van der Waals surface area contributed by atoms with Gasteiger partial charge in [-0.1, -0.05) is 40.9 Å². The van der Waals surface area contributed by atoms with Gasteiger partial charge in [0.25, 0.3) is 0 Å². The summed E-state index contributed by atoms with van der Waals surface area (Å²) in [7, 11) is 0. The van der Waals surface area contributed by atoms with Crippen molar-refractivity contribution in [3.63, 3.8) is 0 Å². The van der Waals surface area contributed by atoms with Crippen LogP contribution in [0.2, 0.25) is 0 Å². The summed E-state index contributed by atoms with van der Waals surface area (Å²) in [5.41, 5.74) is 1.74. The smallest absolute Gasteiger partial charge is 0.191 e. The van der Waals surface area contributed by atoms with E-state index in [1.165, 1.54) is 31.2 Å². The van der Waals surface area contributed by atoms with Crippen LogP contribution in [0, 0.1) is 0 Å². The zero-order chi connectivity index (χ0) is 13.8. The van der Waals surface area contributed by atoms with Gasteiger partial charge in [-0.3, -0.25) is 4.99 Å². The van der Waals surface area contributed by atoms with Gasteiger partial charge in [0, 0.05) is 29.5 Å². The summed E-state index contributed by atoms with van der Waals surface area (Å²) in [6, 6.07) is 8.86. The maximum absolute atomic E-state index is 4.52. The molecule has 2 N–H and O–H groups in total. The maximum Gasteiger partial charge on any atom is 0.191 e. The van der Waals surface area contributed by atoms with Gasteiger partial charge in [-0.25, -0.2) is 0 Å². The first-order chi connectivity index (χ1) is 9.78. The molecule has 2 aliphatic rings. The van der Waals surface area contributed by atoms with Gasteiger partial charge in [0.05, 0.1) is 0 Å². The average molecular weight is 336 g/mol. The van der Waals surface area contributed by atoms with Crippen molar-refractivity contribution >= 4 is 21.9 Å². The van der Waals surface area contributed by atoms with E-state index in [0.29, 0.717) is 0 Å². The van der Waals surface area contributed by atoms with Crippen LogP contribution in [-0.2, 0) is 5.41 Å². The largest absolute Gasteiger partial charge is 0.356 e. The Kier molecular flexibility index (Phi) is 4.29. The van der Waals surface area contributed by atoms with Crippen molar-refractivity contribution in [3.8, 4) is 0 Å². The van der Waals surface area contributed by atoms with Gasteiger partial charge < -0.3 is 10.6 Å². The molecule has 3 nitrogen and oxygen atoms in total. The summed E-state index contributed by atoms with van der Waals surface area (Å²) < 4.78 is 1.15. The first-order valence-corrected chi connectivity index (χ1v) is 8.36. The predicted octanol–water partition coefficient (Wildman–Crippen LogP) is 3.20. The summed E-state index contributed by atoms with van der Waals surface area (Å²) in [5, 5.41) is 6.90. The SMILES string of the molecule is Brc1ccc(C2(CNC3=NCCCN3)CCCC2)cc1. The van der Waals surface area contributed by atoms with Crippen LogP contribution in [0.5, 0.6) is 0 Å². The number of nitrogens with zero attached hydrogens (tertiary/aromatic N) is 1. The van der Waals surface area contributed by atoms with Gasteiger partial charge >= 0.3 is 0 Å². The predicted molar refractivity (Wildman–Crippen MR) is 87.2 cm³/mol. The Balaban J connectivity index is 1.74. The molecule has 1 aromatic rings.